The van der Waals surface area contributed by atoms with Crippen molar-refractivity contribution >= 4 is 0 Å². The molecule has 1 heterocycles. The summed E-state index contributed by atoms with van der Waals surface area (Å²) in [7, 11) is 0. The van der Waals surface area contributed by atoms with Crippen LogP contribution >= 0.6 is 0 Å². The van der Waals surface area contributed by atoms with E-state index in [0.717, 1.165) is 18.8 Å². The van der Waals surface area contributed by atoms with Crippen LogP contribution in [0.5, 0.6) is 0 Å². The molecule has 0 aromatic heterocycles. The SMILES string of the molecule is CCC(C)(F)CCC1CCC2(CCNCC2)CC1. The molecule has 0 amide bonds. The van der Waals surface area contributed by atoms with Gasteiger partial charge in [0.15, 0.2) is 0 Å². The fourth-order valence-electron chi connectivity index (χ4n) is 3.72. The lowest BCUT2D eigenvalue weighted by Gasteiger charge is -2.43. The van der Waals surface area contributed by atoms with E-state index in [0.29, 0.717) is 11.8 Å². The highest BCUT2D eigenvalue weighted by Gasteiger charge is 2.36. The van der Waals surface area contributed by atoms with Crippen LogP contribution in [-0.2, 0) is 0 Å². The Balaban J connectivity index is 1.73. The molecule has 2 aliphatic rings. The molecule has 1 aliphatic heterocycles. The van der Waals surface area contributed by atoms with Crippen LogP contribution in [-0.4, -0.2) is 18.8 Å². The highest BCUT2D eigenvalue weighted by Crippen LogP contribution is 2.46. The second-order valence-corrected chi connectivity index (χ2v) is 7.00. The molecule has 2 rings (SSSR count). The fraction of sp³-hybridized carbons (Fsp3) is 1.00. The zero-order valence-electron chi connectivity index (χ0n) is 12.2. The molecule has 106 valence electrons. The number of rotatable bonds is 4. The Morgan fingerprint density at radius 2 is 1.78 bits per heavy atom. The Morgan fingerprint density at radius 3 is 2.33 bits per heavy atom. The molecule has 1 saturated heterocycles. The summed E-state index contributed by atoms with van der Waals surface area (Å²) in [5, 5.41) is 3.47. The average molecular weight is 255 g/mol. The largest absolute Gasteiger partial charge is 0.317 e. The molecule has 2 fully saturated rings. The minimum Gasteiger partial charge on any atom is -0.317 e. The van der Waals surface area contributed by atoms with E-state index in [9.17, 15) is 4.39 Å². The van der Waals surface area contributed by atoms with E-state index in [4.69, 9.17) is 0 Å². The van der Waals surface area contributed by atoms with E-state index in [1.54, 1.807) is 6.92 Å². The van der Waals surface area contributed by atoms with Crippen molar-refractivity contribution < 1.29 is 4.39 Å². The van der Waals surface area contributed by atoms with Crippen LogP contribution in [0.4, 0.5) is 4.39 Å². The van der Waals surface area contributed by atoms with Crippen molar-refractivity contribution in [3.8, 4) is 0 Å². The van der Waals surface area contributed by atoms with Gasteiger partial charge >= 0.3 is 0 Å². The Kier molecular flexibility index (Phi) is 4.69. The van der Waals surface area contributed by atoms with Gasteiger partial charge in [0.25, 0.3) is 0 Å². The van der Waals surface area contributed by atoms with Crippen molar-refractivity contribution in [2.45, 2.75) is 77.3 Å². The number of piperidine rings is 1. The summed E-state index contributed by atoms with van der Waals surface area (Å²) >= 11 is 0. The van der Waals surface area contributed by atoms with Crippen LogP contribution in [0.2, 0.25) is 0 Å². The summed E-state index contributed by atoms with van der Waals surface area (Å²) in [6, 6.07) is 0. The Hall–Kier alpha value is -0.110. The monoisotopic (exact) mass is 255 g/mol. The third-order valence-corrected chi connectivity index (χ3v) is 5.64. The van der Waals surface area contributed by atoms with Gasteiger partial charge in [0, 0.05) is 0 Å². The normalized spacial score (nSPS) is 28.2. The highest BCUT2D eigenvalue weighted by atomic mass is 19.1. The molecule has 1 atom stereocenters. The molecular weight excluding hydrogens is 225 g/mol. The van der Waals surface area contributed by atoms with E-state index in [2.05, 4.69) is 5.32 Å². The molecule has 1 spiro atoms. The molecular formula is C16H30FN. The molecule has 1 nitrogen and oxygen atoms in total. The predicted molar refractivity (Wildman–Crippen MR) is 75.5 cm³/mol. The summed E-state index contributed by atoms with van der Waals surface area (Å²) < 4.78 is 13.9. The van der Waals surface area contributed by atoms with Crippen LogP contribution < -0.4 is 5.32 Å². The highest BCUT2D eigenvalue weighted by molar-refractivity contribution is 4.89. The van der Waals surface area contributed by atoms with Crippen LogP contribution in [0, 0.1) is 11.3 Å². The summed E-state index contributed by atoms with van der Waals surface area (Å²) in [4.78, 5) is 0. The van der Waals surface area contributed by atoms with Crippen LogP contribution in [0.25, 0.3) is 0 Å². The molecule has 1 unspecified atom stereocenters. The zero-order chi connectivity index (χ0) is 13.1. The topological polar surface area (TPSA) is 12.0 Å². The van der Waals surface area contributed by atoms with Gasteiger partial charge in [-0.05, 0) is 89.1 Å². The maximum absolute atomic E-state index is 13.9. The van der Waals surface area contributed by atoms with Crippen LogP contribution in [0.3, 0.4) is 0 Å². The summed E-state index contributed by atoms with van der Waals surface area (Å²) in [6.45, 7) is 6.15. The lowest BCUT2D eigenvalue weighted by molar-refractivity contribution is 0.0890. The van der Waals surface area contributed by atoms with Crippen molar-refractivity contribution in [2.75, 3.05) is 13.1 Å². The number of alkyl halides is 1. The summed E-state index contributed by atoms with van der Waals surface area (Å²) in [5.41, 5.74) is -0.268. The van der Waals surface area contributed by atoms with Crippen LogP contribution in [0.1, 0.15) is 71.6 Å². The van der Waals surface area contributed by atoms with E-state index in [-0.39, 0.29) is 0 Å². The first-order valence-electron chi connectivity index (χ1n) is 7.95. The number of nitrogens with one attached hydrogen (secondary N) is 1. The minimum atomic E-state index is -0.927. The van der Waals surface area contributed by atoms with Gasteiger partial charge in [-0.3, -0.25) is 0 Å². The Labute approximate surface area is 112 Å². The Bertz CT molecular complexity index is 246. The van der Waals surface area contributed by atoms with Gasteiger partial charge in [-0.25, -0.2) is 4.39 Å². The number of hydrogen-bond donors (Lipinski definition) is 1. The number of hydrogen-bond acceptors (Lipinski definition) is 1. The van der Waals surface area contributed by atoms with E-state index >= 15 is 0 Å². The molecule has 0 aromatic carbocycles. The molecule has 1 N–H and O–H groups in total. The first-order chi connectivity index (χ1) is 8.55. The molecule has 18 heavy (non-hydrogen) atoms. The number of halogens is 1. The smallest absolute Gasteiger partial charge is 0.108 e. The molecule has 1 saturated carbocycles. The van der Waals surface area contributed by atoms with Crippen molar-refractivity contribution in [3.05, 3.63) is 0 Å². The van der Waals surface area contributed by atoms with Crippen LogP contribution in [0.15, 0.2) is 0 Å². The zero-order valence-corrected chi connectivity index (χ0v) is 12.2. The second kappa shape index (κ2) is 5.90. The van der Waals surface area contributed by atoms with Gasteiger partial charge < -0.3 is 5.32 Å². The van der Waals surface area contributed by atoms with Gasteiger partial charge in [0.2, 0.25) is 0 Å². The molecule has 0 aromatic rings. The second-order valence-electron chi connectivity index (χ2n) is 7.00. The summed E-state index contributed by atoms with van der Waals surface area (Å²) in [5.74, 6) is 0.798. The molecule has 0 radical (unpaired) electrons. The minimum absolute atomic E-state index is 0.658. The first-order valence-corrected chi connectivity index (χ1v) is 7.95. The van der Waals surface area contributed by atoms with E-state index < -0.39 is 5.67 Å². The molecule has 1 aliphatic carbocycles. The van der Waals surface area contributed by atoms with Crippen molar-refractivity contribution in [3.63, 3.8) is 0 Å². The van der Waals surface area contributed by atoms with Crippen molar-refractivity contribution in [1.29, 1.82) is 0 Å². The van der Waals surface area contributed by atoms with Gasteiger partial charge in [-0.15, -0.1) is 0 Å². The van der Waals surface area contributed by atoms with Gasteiger partial charge in [-0.1, -0.05) is 6.92 Å². The van der Waals surface area contributed by atoms with Gasteiger partial charge in [0.1, 0.15) is 5.67 Å². The standard InChI is InChI=1S/C16H30FN/c1-3-15(2,17)7-4-14-5-8-16(9-6-14)10-12-18-13-11-16/h14,18H,3-13H2,1-2H3. The molecule has 0 bridgehead atoms. The van der Waals surface area contributed by atoms with Crippen molar-refractivity contribution in [2.24, 2.45) is 11.3 Å². The third kappa shape index (κ3) is 3.69. The van der Waals surface area contributed by atoms with E-state index in [1.807, 2.05) is 6.92 Å². The first kappa shape index (κ1) is 14.3. The molecule has 2 heteroatoms. The van der Waals surface area contributed by atoms with Gasteiger partial charge in [0.05, 0.1) is 0 Å². The maximum Gasteiger partial charge on any atom is 0.108 e. The fourth-order valence-corrected chi connectivity index (χ4v) is 3.72. The van der Waals surface area contributed by atoms with Gasteiger partial charge in [-0.2, -0.15) is 0 Å². The quantitative estimate of drug-likeness (QED) is 0.782. The Morgan fingerprint density at radius 1 is 1.17 bits per heavy atom. The lowest BCUT2D eigenvalue weighted by atomic mass is 9.65. The average Bonchev–Trinajstić information content (AvgIpc) is 2.39. The predicted octanol–water partition coefficient (Wildman–Crippen LogP) is 4.46. The summed E-state index contributed by atoms with van der Waals surface area (Å²) in [6.07, 6.45) is 10.8. The lowest BCUT2D eigenvalue weighted by Crippen LogP contribution is -2.39. The van der Waals surface area contributed by atoms with E-state index in [1.165, 1.54) is 51.6 Å². The third-order valence-electron chi connectivity index (χ3n) is 5.64. The van der Waals surface area contributed by atoms with Crippen molar-refractivity contribution in [1.82, 2.24) is 5.32 Å². The maximum atomic E-state index is 13.9.